The fourth-order valence-corrected chi connectivity index (χ4v) is 2.71. The van der Waals surface area contributed by atoms with E-state index in [1.807, 2.05) is 38.1 Å². The van der Waals surface area contributed by atoms with Crippen molar-refractivity contribution >= 4 is 11.9 Å². The van der Waals surface area contributed by atoms with Gasteiger partial charge in [0.05, 0.1) is 6.54 Å². The fraction of sp³-hybridized carbons (Fsp3) is 0.500. The van der Waals surface area contributed by atoms with Gasteiger partial charge in [0, 0.05) is 0 Å². The van der Waals surface area contributed by atoms with E-state index in [2.05, 4.69) is 18.8 Å². The Bertz CT molecular complexity index is 533. The first-order valence-electron chi connectivity index (χ1n) is 7.04. The van der Waals surface area contributed by atoms with Gasteiger partial charge in [0.25, 0.3) is 5.91 Å². The second-order valence-electron chi connectivity index (χ2n) is 6.22. The molecule has 1 atom stereocenters. The maximum Gasteiger partial charge on any atom is 0.257 e. The SMILES string of the molecule is Cc1ccc(CN2C(=O)C(C)(CC(C)C)N=C2N)cc1. The van der Waals surface area contributed by atoms with Gasteiger partial charge in [-0.1, -0.05) is 43.7 Å². The molecule has 108 valence electrons. The zero-order chi connectivity index (χ0) is 14.9. The molecule has 2 rings (SSSR count). The van der Waals surface area contributed by atoms with Crippen LogP contribution in [-0.2, 0) is 11.3 Å². The third-order valence-electron chi connectivity index (χ3n) is 3.61. The number of carbonyl (C=O) groups excluding carboxylic acids is 1. The van der Waals surface area contributed by atoms with Crippen LogP contribution in [0.2, 0.25) is 0 Å². The topological polar surface area (TPSA) is 58.7 Å². The van der Waals surface area contributed by atoms with Crippen molar-refractivity contribution in [2.24, 2.45) is 16.6 Å². The summed E-state index contributed by atoms with van der Waals surface area (Å²) in [6, 6.07) is 8.12. The van der Waals surface area contributed by atoms with Gasteiger partial charge in [0.1, 0.15) is 5.54 Å². The van der Waals surface area contributed by atoms with E-state index in [1.54, 1.807) is 4.90 Å². The average Bonchev–Trinajstić information content (AvgIpc) is 2.54. The van der Waals surface area contributed by atoms with Crippen molar-refractivity contribution in [3.8, 4) is 0 Å². The highest BCUT2D eigenvalue weighted by Crippen LogP contribution is 2.29. The third-order valence-corrected chi connectivity index (χ3v) is 3.61. The van der Waals surface area contributed by atoms with Crippen molar-refractivity contribution < 1.29 is 4.79 Å². The van der Waals surface area contributed by atoms with E-state index < -0.39 is 5.54 Å². The fourth-order valence-electron chi connectivity index (χ4n) is 2.71. The summed E-state index contributed by atoms with van der Waals surface area (Å²) in [7, 11) is 0. The van der Waals surface area contributed by atoms with Crippen LogP contribution in [0, 0.1) is 12.8 Å². The molecule has 1 heterocycles. The van der Waals surface area contributed by atoms with Crippen LogP contribution in [0.25, 0.3) is 0 Å². The second kappa shape index (κ2) is 5.27. The molecule has 0 saturated heterocycles. The highest BCUT2D eigenvalue weighted by Gasteiger charge is 2.43. The van der Waals surface area contributed by atoms with E-state index >= 15 is 0 Å². The number of rotatable bonds is 4. The van der Waals surface area contributed by atoms with Gasteiger partial charge in [-0.2, -0.15) is 0 Å². The zero-order valence-corrected chi connectivity index (χ0v) is 12.7. The maximum absolute atomic E-state index is 12.6. The molecule has 1 aliphatic heterocycles. The minimum absolute atomic E-state index is 0.00396. The quantitative estimate of drug-likeness (QED) is 0.916. The van der Waals surface area contributed by atoms with Gasteiger partial charge in [0.15, 0.2) is 5.96 Å². The number of amides is 1. The summed E-state index contributed by atoms with van der Waals surface area (Å²) in [6.45, 7) is 8.58. The number of hydrogen-bond donors (Lipinski definition) is 1. The molecule has 1 aromatic rings. The summed E-state index contributed by atoms with van der Waals surface area (Å²) in [4.78, 5) is 18.6. The second-order valence-corrected chi connectivity index (χ2v) is 6.22. The Balaban J connectivity index is 2.16. The van der Waals surface area contributed by atoms with Crippen LogP contribution in [-0.4, -0.2) is 22.3 Å². The Kier molecular flexibility index (Phi) is 3.84. The Morgan fingerprint density at radius 2 is 1.90 bits per heavy atom. The lowest BCUT2D eigenvalue weighted by molar-refractivity contribution is -0.131. The number of aryl methyl sites for hydroxylation is 1. The van der Waals surface area contributed by atoms with E-state index in [1.165, 1.54) is 5.56 Å². The molecule has 1 aromatic carbocycles. The molecule has 0 radical (unpaired) electrons. The smallest absolute Gasteiger partial charge is 0.257 e. The van der Waals surface area contributed by atoms with E-state index in [9.17, 15) is 4.79 Å². The molecule has 0 aromatic heterocycles. The Morgan fingerprint density at radius 3 is 2.45 bits per heavy atom. The molecule has 20 heavy (non-hydrogen) atoms. The third kappa shape index (κ3) is 2.84. The molecule has 0 saturated carbocycles. The van der Waals surface area contributed by atoms with Gasteiger partial charge in [-0.25, -0.2) is 4.99 Å². The number of carbonyl (C=O) groups is 1. The highest BCUT2D eigenvalue weighted by molar-refractivity contribution is 6.06. The lowest BCUT2D eigenvalue weighted by atomic mass is 9.91. The Morgan fingerprint density at radius 1 is 1.30 bits per heavy atom. The first-order valence-corrected chi connectivity index (χ1v) is 7.04. The first kappa shape index (κ1) is 14.6. The van der Waals surface area contributed by atoms with Gasteiger partial charge in [-0.05, 0) is 31.7 Å². The molecule has 0 aliphatic carbocycles. The van der Waals surface area contributed by atoms with E-state index in [0.717, 1.165) is 12.0 Å². The standard InChI is InChI=1S/C16H23N3O/c1-11(2)9-16(4)14(20)19(15(17)18-16)10-13-7-5-12(3)6-8-13/h5-8,11H,9-10H2,1-4H3,(H2,17,18). The van der Waals surface area contributed by atoms with E-state index in [0.29, 0.717) is 18.4 Å². The van der Waals surface area contributed by atoms with E-state index in [-0.39, 0.29) is 5.91 Å². The van der Waals surface area contributed by atoms with Crippen LogP contribution >= 0.6 is 0 Å². The number of aliphatic imine (C=N–C) groups is 1. The first-order chi connectivity index (χ1) is 9.32. The lowest BCUT2D eigenvalue weighted by Crippen LogP contribution is -2.43. The summed E-state index contributed by atoms with van der Waals surface area (Å²) in [6.07, 6.45) is 0.719. The van der Waals surface area contributed by atoms with E-state index in [4.69, 9.17) is 5.73 Å². The number of guanidine groups is 1. The molecule has 1 aliphatic rings. The number of hydrogen-bond acceptors (Lipinski definition) is 3. The molecular weight excluding hydrogens is 250 g/mol. The predicted octanol–water partition coefficient (Wildman–Crippen LogP) is 2.46. The van der Waals surface area contributed by atoms with Gasteiger partial charge in [-0.3, -0.25) is 9.69 Å². The Labute approximate surface area is 120 Å². The van der Waals surface area contributed by atoms with Crippen LogP contribution < -0.4 is 5.73 Å². The van der Waals surface area contributed by atoms with Crippen molar-refractivity contribution in [1.29, 1.82) is 0 Å². The van der Waals surface area contributed by atoms with Crippen LogP contribution in [0.5, 0.6) is 0 Å². The number of nitrogens with zero attached hydrogens (tertiary/aromatic N) is 2. The van der Waals surface area contributed by atoms with Gasteiger partial charge in [0.2, 0.25) is 0 Å². The summed E-state index contributed by atoms with van der Waals surface area (Å²) < 4.78 is 0. The van der Waals surface area contributed by atoms with Crippen LogP contribution in [0.15, 0.2) is 29.3 Å². The zero-order valence-electron chi connectivity index (χ0n) is 12.7. The molecule has 0 spiro atoms. The van der Waals surface area contributed by atoms with Crippen molar-refractivity contribution in [2.45, 2.75) is 46.2 Å². The molecule has 4 nitrogen and oxygen atoms in total. The monoisotopic (exact) mass is 273 g/mol. The summed E-state index contributed by atoms with van der Waals surface area (Å²) >= 11 is 0. The molecule has 4 heteroatoms. The predicted molar refractivity (Wildman–Crippen MR) is 81.2 cm³/mol. The highest BCUT2D eigenvalue weighted by atomic mass is 16.2. The van der Waals surface area contributed by atoms with Gasteiger partial charge in [-0.15, -0.1) is 0 Å². The van der Waals surface area contributed by atoms with Crippen molar-refractivity contribution in [1.82, 2.24) is 4.90 Å². The minimum atomic E-state index is -0.705. The van der Waals surface area contributed by atoms with Crippen molar-refractivity contribution in [3.63, 3.8) is 0 Å². The minimum Gasteiger partial charge on any atom is -0.369 e. The Hall–Kier alpha value is -1.84. The molecule has 2 N–H and O–H groups in total. The number of benzene rings is 1. The summed E-state index contributed by atoms with van der Waals surface area (Å²) in [5.74, 6) is 0.739. The van der Waals surface area contributed by atoms with Gasteiger partial charge >= 0.3 is 0 Å². The molecule has 1 amide bonds. The summed E-state index contributed by atoms with van der Waals surface area (Å²) in [5.41, 5.74) is 7.52. The van der Waals surface area contributed by atoms with Crippen LogP contribution in [0.4, 0.5) is 0 Å². The van der Waals surface area contributed by atoms with Gasteiger partial charge < -0.3 is 5.73 Å². The summed E-state index contributed by atoms with van der Waals surface area (Å²) in [5, 5.41) is 0. The lowest BCUT2D eigenvalue weighted by Gasteiger charge is -2.23. The number of nitrogens with two attached hydrogens (primary N) is 1. The van der Waals surface area contributed by atoms with Crippen LogP contribution in [0.1, 0.15) is 38.3 Å². The van der Waals surface area contributed by atoms with Crippen molar-refractivity contribution in [3.05, 3.63) is 35.4 Å². The normalized spacial score (nSPS) is 22.6. The molecule has 1 unspecified atom stereocenters. The molecule has 0 bridgehead atoms. The van der Waals surface area contributed by atoms with Crippen molar-refractivity contribution in [2.75, 3.05) is 0 Å². The average molecular weight is 273 g/mol. The maximum atomic E-state index is 12.6. The molecular formula is C16H23N3O. The largest absolute Gasteiger partial charge is 0.369 e. The van der Waals surface area contributed by atoms with Crippen LogP contribution in [0.3, 0.4) is 0 Å². The molecule has 0 fully saturated rings.